The third kappa shape index (κ3) is 5.09. The second-order valence-corrected chi connectivity index (χ2v) is 5.34. The Morgan fingerprint density at radius 2 is 1.81 bits per heavy atom. The number of alkyl carbamates (subject to hydrolysis) is 1. The summed E-state index contributed by atoms with van der Waals surface area (Å²) in [4.78, 5) is 22.6. The van der Waals surface area contributed by atoms with E-state index < -0.39 is 29.5 Å². The van der Waals surface area contributed by atoms with Crippen LogP contribution in [0.25, 0.3) is 0 Å². The quantitative estimate of drug-likeness (QED) is 0.870. The number of alkyl halides is 3. The number of aldehydes is 1. The van der Waals surface area contributed by atoms with Gasteiger partial charge in [0.1, 0.15) is 17.9 Å². The van der Waals surface area contributed by atoms with Crippen molar-refractivity contribution in [3.63, 3.8) is 0 Å². The normalized spacial score (nSPS) is 13.4. The first-order valence-corrected chi connectivity index (χ1v) is 6.15. The summed E-state index contributed by atoms with van der Waals surface area (Å²) in [5, 5.41) is 2.12. The van der Waals surface area contributed by atoms with Crippen LogP contribution in [-0.4, -0.2) is 18.0 Å². The molecule has 7 heteroatoms. The van der Waals surface area contributed by atoms with Gasteiger partial charge in [0.2, 0.25) is 0 Å². The molecule has 0 spiro atoms. The van der Waals surface area contributed by atoms with Crippen molar-refractivity contribution in [2.45, 2.75) is 38.6 Å². The number of halogens is 3. The van der Waals surface area contributed by atoms with Gasteiger partial charge in [0, 0.05) is 0 Å². The highest BCUT2D eigenvalue weighted by Crippen LogP contribution is 2.34. The van der Waals surface area contributed by atoms with Gasteiger partial charge in [0.25, 0.3) is 0 Å². The van der Waals surface area contributed by atoms with Gasteiger partial charge in [-0.3, -0.25) is 0 Å². The molecule has 0 saturated carbocycles. The van der Waals surface area contributed by atoms with Crippen LogP contribution in [0.15, 0.2) is 24.3 Å². The summed E-state index contributed by atoms with van der Waals surface area (Å²) >= 11 is 0. The number of carbonyl (C=O) groups excluding carboxylic acids is 2. The zero-order chi connectivity index (χ0) is 16.3. The second-order valence-electron chi connectivity index (χ2n) is 5.34. The maximum Gasteiger partial charge on any atom is 0.416 e. The SMILES string of the molecule is CC(C)(C)OC(=O)NC(C=O)c1ccccc1C(F)(F)F. The predicted octanol–water partition coefficient (Wildman–Crippen LogP) is 3.47. The molecule has 0 fully saturated rings. The number of benzene rings is 1. The smallest absolute Gasteiger partial charge is 0.416 e. The third-order valence-corrected chi connectivity index (χ3v) is 2.41. The van der Waals surface area contributed by atoms with Gasteiger partial charge in [-0.25, -0.2) is 4.79 Å². The van der Waals surface area contributed by atoms with Crippen LogP contribution >= 0.6 is 0 Å². The van der Waals surface area contributed by atoms with Crippen molar-refractivity contribution in [3.8, 4) is 0 Å². The van der Waals surface area contributed by atoms with Crippen molar-refractivity contribution in [2.24, 2.45) is 0 Å². The number of hydrogen-bond acceptors (Lipinski definition) is 3. The third-order valence-electron chi connectivity index (χ3n) is 2.41. The Labute approximate surface area is 120 Å². The Balaban J connectivity index is 3.02. The van der Waals surface area contributed by atoms with Crippen LogP contribution in [0.4, 0.5) is 18.0 Å². The molecule has 21 heavy (non-hydrogen) atoms. The van der Waals surface area contributed by atoms with Crippen LogP contribution in [0.1, 0.15) is 37.9 Å². The highest BCUT2D eigenvalue weighted by molar-refractivity contribution is 5.75. The van der Waals surface area contributed by atoms with Crippen molar-refractivity contribution in [1.82, 2.24) is 5.32 Å². The molecule has 1 aromatic rings. The van der Waals surface area contributed by atoms with Gasteiger partial charge in [-0.2, -0.15) is 13.2 Å². The van der Waals surface area contributed by atoms with Gasteiger partial charge in [0.15, 0.2) is 0 Å². The Bertz CT molecular complexity index is 521. The van der Waals surface area contributed by atoms with E-state index in [2.05, 4.69) is 5.32 Å². The number of amides is 1. The van der Waals surface area contributed by atoms with Gasteiger partial charge in [-0.15, -0.1) is 0 Å². The molecule has 0 heterocycles. The molecule has 1 unspecified atom stereocenters. The maximum atomic E-state index is 12.9. The molecule has 0 radical (unpaired) electrons. The van der Waals surface area contributed by atoms with Crippen molar-refractivity contribution >= 4 is 12.4 Å². The Hall–Kier alpha value is -2.05. The molecule has 4 nitrogen and oxygen atoms in total. The highest BCUT2D eigenvalue weighted by atomic mass is 19.4. The standard InChI is InChI=1S/C14H16F3NO3/c1-13(2,3)21-12(20)18-11(8-19)9-6-4-5-7-10(9)14(15,16)17/h4-8,11H,1-3H3,(H,18,20). The number of nitrogens with one attached hydrogen (secondary N) is 1. The van der Waals surface area contributed by atoms with E-state index in [1.165, 1.54) is 12.1 Å². The average molecular weight is 303 g/mol. The van der Waals surface area contributed by atoms with Crippen molar-refractivity contribution < 1.29 is 27.5 Å². The molecule has 1 N–H and O–H groups in total. The number of hydrogen-bond donors (Lipinski definition) is 1. The summed E-state index contributed by atoms with van der Waals surface area (Å²) in [6.45, 7) is 4.81. The van der Waals surface area contributed by atoms with Crippen LogP contribution in [0.2, 0.25) is 0 Å². The van der Waals surface area contributed by atoms with Crippen LogP contribution in [0, 0.1) is 0 Å². The monoisotopic (exact) mass is 303 g/mol. The van der Waals surface area contributed by atoms with E-state index in [1.807, 2.05) is 0 Å². The lowest BCUT2D eigenvalue weighted by Crippen LogP contribution is -2.36. The van der Waals surface area contributed by atoms with E-state index in [9.17, 15) is 22.8 Å². The lowest BCUT2D eigenvalue weighted by molar-refractivity contribution is -0.138. The zero-order valence-electron chi connectivity index (χ0n) is 11.8. The molecule has 0 aliphatic heterocycles. The first kappa shape index (κ1) is 17.0. The van der Waals surface area contributed by atoms with Crippen molar-refractivity contribution in [2.75, 3.05) is 0 Å². The lowest BCUT2D eigenvalue weighted by atomic mass is 10.0. The van der Waals surface area contributed by atoms with Gasteiger partial charge < -0.3 is 14.8 Å². The number of carbonyl (C=O) groups is 2. The molecule has 1 amide bonds. The molecular formula is C14H16F3NO3. The zero-order valence-corrected chi connectivity index (χ0v) is 11.8. The molecule has 0 saturated heterocycles. The summed E-state index contributed by atoms with van der Waals surface area (Å²) in [7, 11) is 0. The maximum absolute atomic E-state index is 12.9. The summed E-state index contributed by atoms with van der Waals surface area (Å²) < 4.78 is 43.6. The fourth-order valence-electron chi connectivity index (χ4n) is 1.65. The van der Waals surface area contributed by atoms with Crippen molar-refractivity contribution in [1.29, 1.82) is 0 Å². The van der Waals surface area contributed by atoms with E-state index >= 15 is 0 Å². The molecule has 116 valence electrons. The largest absolute Gasteiger partial charge is 0.444 e. The van der Waals surface area contributed by atoms with E-state index in [-0.39, 0.29) is 11.8 Å². The molecule has 0 bridgehead atoms. The topological polar surface area (TPSA) is 55.4 Å². The fraction of sp³-hybridized carbons (Fsp3) is 0.429. The lowest BCUT2D eigenvalue weighted by Gasteiger charge is -2.23. The van der Waals surface area contributed by atoms with E-state index in [0.29, 0.717) is 0 Å². The van der Waals surface area contributed by atoms with Crippen molar-refractivity contribution in [3.05, 3.63) is 35.4 Å². The number of rotatable bonds is 3. The molecule has 0 aromatic heterocycles. The van der Waals surface area contributed by atoms with Gasteiger partial charge in [0.05, 0.1) is 5.56 Å². The van der Waals surface area contributed by atoms with Crippen LogP contribution in [0.3, 0.4) is 0 Å². The number of ether oxygens (including phenoxy) is 1. The molecule has 1 aromatic carbocycles. The summed E-state index contributed by atoms with van der Waals surface area (Å²) in [5.74, 6) is 0. The first-order valence-electron chi connectivity index (χ1n) is 6.15. The van der Waals surface area contributed by atoms with Gasteiger partial charge in [-0.05, 0) is 32.4 Å². The average Bonchev–Trinajstić information content (AvgIpc) is 2.32. The van der Waals surface area contributed by atoms with Crippen LogP contribution in [0.5, 0.6) is 0 Å². The molecule has 0 aliphatic carbocycles. The van der Waals surface area contributed by atoms with E-state index in [0.717, 1.165) is 12.1 Å². The highest BCUT2D eigenvalue weighted by Gasteiger charge is 2.35. The Morgan fingerprint density at radius 3 is 2.29 bits per heavy atom. The minimum Gasteiger partial charge on any atom is -0.444 e. The van der Waals surface area contributed by atoms with Gasteiger partial charge in [-0.1, -0.05) is 18.2 Å². The predicted molar refractivity (Wildman–Crippen MR) is 69.6 cm³/mol. The van der Waals surface area contributed by atoms with Gasteiger partial charge >= 0.3 is 12.3 Å². The molecular weight excluding hydrogens is 287 g/mol. The molecule has 0 aliphatic rings. The first-order chi connectivity index (χ1) is 9.54. The minimum absolute atomic E-state index is 0.231. The fourth-order valence-corrected chi connectivity index (χ4v) is 1.65. The van der Waals surface area contributed by atoms with Crippen LogP contribution < -0.4 is 5.32 Å². The molecule has 1 rings (SSSR count). The summed E-state index contributed by atoms with van der Waals surface area (Å²) in [6.07, 6.45) is -5.35. The Morgan fingerprint density at radius 1 is 1.24 bits per heavy atom. The second kappa shape index (κ2) is 6.15. The Kier molecular flexibility index (Phi) is 4.98. The van der Waals surface area contributed by atoms with E-state index in [1.54, 1.807) is 20.8 Å². The van der Waals surface area contributed by atoms with E-state index in [4.69, 9.17) is 4.74 Å². The summed E-state index contributed by atoms with van der Waals surface area (Å²) in [6, 6.07) is 3.12. The molecule has 1 atom stereocenters. The summed E-state index contributed by atoms with van der Waals surface area (Å²) in [5.41, 5.74) is -2.12. The van der Waals surface area contributed by atoms with Crippen LogP contribution in [-0.2, 0) is 15.7 Å². The minimum atomic E-state index is -4.62.